The Morgan fingerprint density at radius 2 is 2.20 bits per heavy atom. The molecule has 1 aliphatic rings. The molecular formula is C10H18N2O3. The lowest BCUT2D eigenvalue weighted by Gasteiger charge is -2.32. The van der Waals surface area contributed by atoms with Gasteiger partial charge in [0.05, 0.1) is 6.10 Å². The van der Waals surface area contributed by atoms with Gasteiger partial charge >= 0.3 is 0 Å². The summed E-state index contributed by atoms with van der Waals surface area (Å²) in [5, 5.41) is 12.0. The minimum absolute atomic E-state index is 0.121. The van der Waals surface area contributed by atoms with Crippen LogP contribution in [0.2, 0.25) is 0 Å². The number of carbonyl (C=O) groups excluding carboxylic acids is 2. The molecule has 1 saturated heterocycles. The number of nitrogens with one attached hydrogen (secondary N) is 1. The van der Waals surface area contributed by atoms with Crippen LogP contribution in [0.25, 0.3) is 0 Å². The van der Waals surface area contributed by atoms with Gasteiger partial charge in [0, 0.05) is 20.0 Å². The average molecular weight is 214 g/mol. The standard InChI is InChI=1S/C10H18N2O3/c1-7(11-8(2)13)10(15)12-5-3-4-9(14)6-12/h7,9,14H,3-6H2,1-2H3,(H,11,13). The minimum Gasteiger partial charge on any atom is -0.391 e. The zero-order valence-electron chi connectivity index (χ0n) is 9.19. The predicted octanol–water partition coefficient (Wildman–Crippen LogP) is -0.506. The number of aliphatic hydroxyl groups is 1. The van der Waals surface area contributed by atoms with Gasteiger partial charge in [0.2, 0.25) is 11.8 Å². The molecule has 1 fully saturated rings. The number of carbonyl (C=O) groups is 2. The highest BCUT2D eigenvalue weighted by Gasteiger charge is 2.25. The molecule has 0 bridgehead atoms. The Labute approximate surface area is 89.4 Å². The van der Waals surface area contributed by atoms with Crippen molar-refractivity contribution in [1.82, 2.24) is 10.2 Å². The molecule has 2 unspecified atom stereocenters. The minimum atomic E-state index is -0.507. The quantitative estimate of drug-likeness (QED) is 0.650. The monoisotopic (exact) mass is 214 g/mol. The third-order valence-electron chi connectivity index (χ3n) is 2.50. The fourth-order valence-electron chi connectivity index (χ4n) is 1.80. The first-order chi connectivity index (χ1) is 7.00. The lowest BCUT2D eigenvalue weighted by Crippen LogP contribution is -2.50. The molecule has 0 spiro atoms. The molecule has 15 heavy (non-hydrogen) atoms. The molecule has 1 aliphatic heterocycles. The first-order valence-electron chi connectivity index (χ1n) is 5.24. The largest absolute Gasteiger partial charge is 0.391 e. The zero-order chi connectivity index (χ0) is 11.4. The van der Waals surface area contributed by atoms with Gasteiger partial charge in [-0.15, -0.1) is 0 Å². The van der Waals surface area contributed by atoms with Gasteiger partial charge in [0.1, 0.15) is 6.04 Å². The Hall–Kier alpha value is -1.10. The van der Waals surface area contributed by atoms with E-state index in [-0.39, 0.29) is 11.8 Å². The van der Waals surface area contributed by atoms with Crippen LogP contribution in [0.5, 0.6) is 0 Å². The number of likely N-dealkylation sites (tertiary alicyclic amines) is 1. The average Bonchev–Trinajstić information content (AvgIpc) is 2.15. The molecule has 0 aromatic carbocycles. The van der Waals surface area contributed by atoms with Gasteiger partial charge in [-0.05, 0) is 19.8 Å². The molecule has 0 aliphatic carbocycles. The maximum Gasteiger partial charge on any atom is 0.244 e. The van der Waals surface area contributed by atoms with E-state index in [4.69, 9.17) is 0 Å². The Morgan fingerprint density at radius 3 is 2.73 bits per heavy atom. The van der Waals surface area contributed by atoms with Crippen LogP contribution in [0.4, 0.5) is 0 Å². The maximum atomic E-state index is 11.8. The van der Waals surface area contributed by atoms with Gasteiger partial charge in [-0.1, -0.05) is 0 Å². The normalized spacial score (nSPS) is 23.4. The second-order valence-corrected chi connectivity index (χ2v) is 4.00. The van der Waals surface area contributed by atoms with Crippen LogP contribution in [-0.2, 0) is 9.59 Å². The molecule has 0 aromatic heterocycles. The van der Waals surface area contributed by atoms with Crippen molar-refractivity contribution in [3.05, 3.63) is 0 Å². The van der Waals surface area contributed by atoms with E-state index in [1.165, 1.54) is 6.92 Å². The number of hydrogen-bond donors (Lipinski definition) is 2. The van der Waals surface area contributed by atoms with Crippen LogP contribution >= 0.6 is 0 Å². The third kappa shape index (κ3) is 3.51. The molecule has 0 radical (unpaired) electrons. The number of aliphatic hydroxyl groups excluding tert-OH is 1. The van der Waals surface area contributed by atoms with Gasteiger partial charge in [0.25, 0.3) is 0 Å². The summed E-state index contributed by atoms with van der Waals surface area (Å²) in [7, 11) is 0. The van der Waals surface area contributed by atoms with Gasteiger partial charge in [0.15, 0.2) is 0 Å². The highest BCUT2D eigenvalue weighted by Crippen LogP contribution is 2.10. The van der Waals surface area contributed by atoms with Crippen molar-refractivity contribution in [2.75, 3.05) is 13.1 Å². The fraction of sp³-hybridized carbons (Fsp3) is 0.800. The zero-order valence-corrected chi connectivity index (χ0v) is 9.19. The molecular weight excluding hydrogens is 196 g/mol. The lowest BCUT2D eigenvalue weighted by atomic mass is 10.1. The van der Waals surface area contributed by atoms with Crippen molar-refractivity contribution in [2.24, 2.45) is 0 Å². The summed E-state index contributed by atoms with van der Waals surface area (Å²) in [4.78, 5) is 24.2. The first-order valence-corrected chi connectivity index (χ1v) is 5.24. The van der Waals surface area contributed by atoms with E-state index >= 15 is 0 Å². The number of piperidine rings is 1. The molecule has 0 aromatic rings. The molecule has 1 rings (SSSR count). The van der Waals surface area contributed by atoms with Crippen LogP contribution < -0.4 is 5.32 Å². The van der Waals surface area contributed by atoms with Crippen molar-refractivity contribution in [2.45, 2.75) is 38.8 Å². The van der Waals surface area contributed by atoms with Gasteiger partial charge < -0.3 is 15.3 Å². The van der Waals surface area contributed by atoms with Gasteiger partial charge in [-0.3, -0.25) is 9.59 Å². The predicted molar refractivity (Wildman–Crippen MR) is 55.1 cm³/mol. The summed E-state index contributed by atoms with van der Waals surface area (Å²) in [6.45, 7) is 4.09. The first kappa shape index (κ1) is 12.0. The molecule has 0 saturated carbocycles. The van der Waals surface area contributed by atoms with E-state index in [9.17, 15) is 14.7 Å². The van der Waals surface area contributed by atoms with E-state index in [0.717, 1.165) is 12.8 Å². The highest BCUT2D eigenvalue weighted by atomic mass is 16.3. The van der Waals surface area contributed by atoms with Crippen molar-refractivity contribution < 1.29 is 14.7 Å². The van der Waals surface area contributed by atoms with E-state index < -0.39 is 12.1 Å². The Morgan fingerprint density at radius 1 is 1.53 bits per heavy atom. The third-order valence-corrected chi connectivity index (χ3v) is 2.50. The van der Waals surface area contributed by atoms with Crippen LogP contribution in [0.1, 0.15) is 26.7 Å². The van der Waals surface area contributed by atoms with E-state index in [2.05, 4.69) is 5.32 Å². The van der Waals surface area contributed by atoms with E-state index in [1.54, 1.807) is 11.8 Å². The Kier molecular flexibility index (Phi) is 4.08. The van der Waals surface area contributed by atoms with E-state index in [0.29, 0.717) is 13.1 Å². The topological polar surface area (TPSA) is 69.6 Å². The Balaban J connectivity index is 2.47. The summed E-state index contributed by atoms with van der Waals surface area (Å²) < 4.78 is 0. The second kappa shape index (κ2) is 5.11. The van der Waals surface area contributed by atoms with Crippen molar-refractivity contribution >= 4 is 11.8 Å². The van der Waals surface area contributed by atoms with Crippen molar-refractivity contribution in [3.63, 3.8) is 0 Å². The molecule has 5 nitrogen and oxygen atoms in total. The second-order valence-electron chi connectivity index (χ2n) is 4.00. The number of β-amino-alcohol motifs (C(OH)–C–C–N with tert-alkyl or cyclic N) is 1. The van der Waals surface area contributed by atoms with Crippen LogP contribution in [0.3, 0.4) is 0 Å². The number of hydrogen-bond acceptors (Lipinski definition) is 3. The fourth-order valence-corrected chi connectivity index (χ4v) is 1.80. The summed E-state index contributed by atoms with van der Waals surface area (Å²) >= 11 is 0. The lowest BCUT2D eigenvalue weighted by molar-refractivity contribution is -0.138. The van der Waals surface area contributed by atoms with Crippen LogP contribution in [-0.4, -0.2) is 47.1 Å². The van der Waals surface area contributed by atoms with Crippen LogP contribution in [0, 0.1) is 0 Å². The molecule has 2 atom stereocenters. The molecule has 1 heterocycles. The smallest absolute Gasteiger partial charge is 0.244 e. The molecule has 5 heteroatoms. The van der Waals surface area contributed by atoms with Crippen LogP contribution in [0.15, 0.2) is 0 Å². The van der Waals surface area contributed by atoms with Gasteiger partial charge in [-0.2, -0.15) is 0 Å². The molecule has 2 N–H and O–H groups in total. The maximum absolute atomic E-state index is 11.8. The summed E-state index contributed by atoms with van der Waals surface area (Å²) in [6, 6.07) is -0.507. The van der Waals surface area contributed by atoms with Crippen molar-refractivity contribution in [3.8, 4) is 0 Å². The summed E-state index contributed by atoms with van der Waals surface area (Å²) in [6.07, 6.45) is 1.14. The SMILES string of the molecule is CC(=O)NC(C)C(=O)N1CCCC(O)C1. The van der Waals surface area contributed by atoms with Crippen molar-refractivity contribution in [1.29, 1.82) is 0 Å². The number of amides is 2. The van der Waals surface area contributed by atoms with Gasteiger partial charge in [-0.25, -0.2) is 0 Å². The Bertz CT molecular complexity index is 255. The number of rotatable bonds is 2. The number of nitrogens with zero attached hydrogens (tertiary/aromatic N) is 1. The van der Waals surface area contributed by atoms with E-state index in [1.807, 2.05) is 0 Å². The molecule has 86 valence electrons. The summed E-state index contributed by atoms with van der Waals surface area (Å²) in [5.74, 6) is -0.336. The highest BCUT2D eigenvalue weighted by molar-refractivity contribution is 5.86. The molecule has 2 amide bonds. The summed E-state index contributed by atoms with van der Waals surface area (Å²) in [5.41, 5.74) is 0.